The molecule has 19 heavy (non-hydrogen) atoms. The smallest absolute Gasteiger partial charge is 0.255 e. The van der Waals surface area contributed by atoms with Crippen molar-refractivity contribution in [2.45, 2.75) is 31.7 Å². The van der Waals surface area contributed by atoms with Gasteiger partial charge in [0.05, 0.1) is 16.3 Å². The number of nitrogens with zero attached hydrogens (tertiary/aromatic N) is 1. The summed E-state index contributed by atoms with van der Waals surface area (Å²) in [6, 6.07) is 5.22. The number of nitrogen functional groups attached to an aromatic ring is 1. The summed E-state index contributed by atoms with van der Waals surface area (Å²) in [4.78, 5) is 14.4. The fourth-order valence-corrected chi connectivity index (χ4v) is 2.79. The van der Waals surface area contributed by atoms with Crippen LogP contribution in [0.15, 0.2) is 18.2 Å². The summed E-state index contributed by atoms with van der Waals surface area (Å²) < 4.78 is 0. The molecule has 0 saturated carbocycles. The average molecular weight is 283 g/mol. The summed E-state index contributed by atoms with van der Waals surface area (Å²) in [6.45, 7) is 0.813. The molecule has 2 rings (SSSR count). The van der Waals surface area contributed by atoms with Crippen LogP contribution in [-0.2, 0) is 0 Å². The number of anilines is 1. The highest BCUT2D eigenvalue weighted by Crippen LogP contribution is 2.27. The molecule has 1 heterocycles. The molecule has 1 saturated heterocycles. The molecule has 0 radical (unpaired) electrons. The number of piperidine rings is 1. The number of amides is 1. The number of likely N-dealkylation sites (tertiary alicyclic amines) is 1. The summed E-state index contributed by atoms with van der Waals surface area (Å²) in [5.41, 5.74) is 6.61. The van der Waals surface area contributed by atoms with Gasteiger partial charge in [0, 0.05) is 19.2 Å². The van der Waals surface area contributed by atoms with Gasteiger partial charge in [-0.1, -0.05) is 17.7 Å². The van der Waals surface area contributed by atoms with Crippen molar-refractivity contribution in [1.29, 1.82) is 0 Å². The van der Waals surface area contributed by atoms with Gasteiger partial charge >= 0.3 is 0 Å². The Labute approximate surface area is 118 Å². The van der Waals surface area contributed by atoms with Gasteiger partial charge in [-0.25, -0.2) is 0 Å². The molecule has 104 valence electrons. The van der Waals surface area contributed by atoms with Crippen LogP contribution in [0.2, 0.25) is 5.02 Å². The number of hydrogen-bond acceptors (Lipinski definition) is 3. The summed E-state index contributed by atoms with van der Waals surface area (Å²) >= 11 is 6.11. The molecule has 1 unspecified atom stereocenters. The fourth-order valence-electron chi connectivity index (χ4n) is 2.59. The van der Waals surface area contributed by atoms with E-state index in [0.717, 1.165) is 19.3 Å². The van der Waals surface area contributed by atoms with Gasteiger partial charge in [0.1, 0.15) is 0 Å². The number of nitrogens with two attached hydrogens (primary N) is 1. The molecule has 1 aliphatic heterocycles. The van der Waals surface area contributed by atoms with Crippen molar-refractivity contribution in [3.8, 4) is 0 Å². The van der Waals surface area contributed by atoms with Crippen LogP contribution in [0, 0.1) is 0 Å². The summed E-state index contributed by atoms with van der Waals surface area (Å²) in [7, 11) is 0. The van der Waals surface area contributed by atoms with E-state index in [2.05, 4.69) is 0 Å². The highest BCUT2D eigenvalue weighted by atomic mass is 35.5. The fraction of sp³-hybridized carbons (Fsp3) is 0.500. The van der Waals surface area contributed by atoms with Crippen LogP contribution in [-0.4, -0.2) is 35.1 Å². The largest absolute Gasteiger partial charge is 0.398 e. The zero-order valence-corrected chi connectivity index (χ0v) is 11.6. The first-order valence-electron chi connectivity index (χ1n) is 6.61. The van der Waals surface area contributed by atoms with Crippen LogP contribution in [0.3, 0.4) is 0 Å². The van der Waals surface area contributed by atoms with Crippen molar-refractivity contribution < 1.29 is 9.90 Å². The topological polar surface area (TPSA) is 66.6 Å². The van der Waals surface area contributed by atoms with Crippen LogP contribution in [0.4, 0.5) is 5.69 Å². The Bertz CT molecular complexity index is 463. The van der Waals surface area contributed by atoms with E-state index >= 15 is 0 Å². The molecule has 1 aromatic rings. The molecule has 0 bridgehead atoms. The number of aliphatic hydroxyl groups is 1. The summed E-state index contributed by atoms with van der Waals surface area (Å²) in [5.74, 6) is -0.0875. The molecule has 5 heteroatoms. The van der Waals surface area contributed by atoms with E-state index in [-0.39, 0.29) is 18.6 Å². The molecule has 1 atom stereocenters. The zero-order valence-electron chi connectivity index (χ0n) is 10.8. The molecule has 0 spiro atoms. The van der Waals surface area contributed by atoms with Crippen LogP contribution in [0.5, 0.6) is 0 Å². The summed E-state index contributed by atoms with van der Waals surface area (Å²) in [5, 5.41) is 9.42. The van der Waals surface area contributed by atoms with Gasteiger partial charge in [-0.2, -0.15) is 0 Å². The SMILES string of the molecule is Nc1cccc(C(=O)N2CCCCC2CCO)c1Cl. The Kier molecular flexibility index (Phi) is 4.66. The van der Waals surface area contributed by atoms with Gasteiger partial charge in [-0.15, -0.1) is 0 Å². The Morgan fingerprint density at radius 1 is 1.47 bits per heavy atom. The molecular formula is C14H19ClN2O2. The maximum Gasteiger partial charge on any atom is 0.255 e. The number of halogens is 1. The lowest BCUT2D eigenvalue weighted by Crippen LogP contribution is -2.44. The third kappa shape index (κ3) is 3.01. The third-order valence-electron chi connectivity index (χ3n) is 3.61. The van der Waals surface area contributed by atoms with E-state index in [1.165, 1.54) is 0 Å². The van der Waals surface area contributed by atoms with Gasteiger partial charge in [-0.05, 0) is 37.8 Å². The minimum absolute atomic E-state index is 0.0875. The van der Waals surface area contributed by atoms with Crippen molar-refractivity contribution in [3.63, 3.8) is 0 Å². The predicted octanol–water partition coefficient (Wildman–Crippen LogP) is 2.30. The number of hydrogen-bond donors (Lipinski definition) is 2. The lowest BCUT2D eigenvalue weighted by molar-refractivity contribution is 0.0575. The molecule has 1 aromatic carbocycles. The molecule has 4 nitrogen and oxygen atoms in total. The van der Waals surface area contributed by atoms with Crippen LogP contribution >= 0.6 is 11.6 Å². The van der Waals surface area contributed by atoms with Crippen molar-refractivity contribution in [1.82, 2.24) is 4.90 Å². The summed E-state index contributed by atoms with van der Waals surface area (Å²) in [6.07, 6.45) is 3.64. The molecular weight excluding hydrogens is 264 g/mol. The highest BCUT2D eigenvalue weighted by Gasteiger charge is 2.28. The first-order valence-corrected chi connectivity index (χ1v) is 6.98. The van der Waals surface area contributed by atoms with Gasteiger partial charge in [0.2, 0.25) is 0 Å². The van der Waals surface area contributed by atoms with E-state index in [1.807, 2.05) is 4.90 Å². The second-order valence-electron chi connectivity index (χ2n) is 4.87. The van der Waals surface area contributed by atoms with Gasteiger partial charge in [0.15, 0.2) is 0 Å². The second kappa shape index (κ2) is 6.26. The quantitative estimate of drug-likeness (QED) is 0.836. The van der Waals surface area contributed by atoms with Gasteiger partial charge in [0.25, 0.3) is 5.91 Å². The Morgan fingerprint density at radius 3 is 3.00 bits per heavy atom. The number of benzene rings is 1. The minimum atomic E-state index is -0.0875. The van der Waals surface area contributed by atoms with E-state index < -0.39 is 0 Å². The Hall–Kier alpha value is -1.26. The Morgan fingerprint density at radius 2 is 2.26 bits per heavy atom. The third-order valence-corrected chi connectivity index (χ3v) is 4.03. The van der Waals surface area contributed by atoms with E-state index in [0.29, 0.717) is 29.2 Å². The van der Waals surface area contributed by atoms with Gasteiger partial charge < -0.3 is 15.7 Å². The van der Waals surface area contributed by atoms with Crippen molar-refractivity contribution in [3.05, 3.63) is 28.8 Å². The standard InChI is InChI=1S/C14H19ClN2O2/c15-13-11(5-3-6-12(13)16)14(19)17-8-2-1-4-10(17)7-9-18/h3,5-6,10,18H,1-2,4,7-9,16H2. The van der Waals surface area contributed by atoms with E-state index in [1.54, 1.807) is 18.2 Å². The minimum Gasteiger partial charge on any atom is -0.398 e. The van der Waals surface area contributed by atoms with E-state index in [4.69, 9.17) is 22.4 Å². The van der Waals surface area contributed by atoms with Crippen molar-refractivity contribution in [2.75, 3.05) is 18.9 Å². The first-order chi connectivity index (χ1) is 9.15. The number of carbonyl (C=O) groups is 1. The molecule has 1 fully saturated rings. The lowest BCUT2D eigenvalue weighted by Gasteiger charge is -2.35. The van der Waals surface area contributed by atoms with Crippen LogP contribution in [0.1, 0.15) is 36.0 Å². The zero-order chi connectivity index (χ0) is 13.8. The molecule has 1 aliphatic rings. The Balaban J connectivity index is 2.23. The average Bonchev–Trinajstić information content (AvgIpc) is 2.42. The molecule has 3 N–H and O–H groups in total. The number of rotatable bonds is 3. The van der Waals surface area contributed by atoms with Crippen LogP contribution in [0.25, 0.3) is 0 Å². The predicted molar refractivity (Wildman–Crippen MR) is 76.2 cm³/mol. The van der Waals surface area contributed by atoms with Crippen LogP contribution < -0.4 is 5.73 Å². The monoisotopic (exact) mass is 282 g/mol. The number of carbonyl (C=O) groups excluding carboxylic acids is 1. The maximum absolute atomic E-state index is 12.6. The lowest BCUT2D eigenvalue weighted by atomic mass is 9.98. The second-order valence-corrected chi connectivity index (χ2v) is 5.25. The normalized spacial score (nSPS) is 19.5. The molecule has 1 amide bonds. The highest BCUT2D eigenvalue weighted by molar-refractivity contribution is 6.36. The van der Waals surface area contributed by atoms with Gasteiger partial charge in [-0.3, -0.25) is 4.79 Å². The molecule has 0 aliphatic carbocycles. The van der Waals surface area contributed by atoms with E-state index in [9.17, 15) is 4.79 Å². The van der Waals surface area contributed by atoms with Crippen molar-refractivity contribution >= 4 is 23.2 Å². The van der Waals surface area contributed by atoms with Crippen molar-refractivity contribution in [2.24, 2.45) is 0 Å². The number of aliphatic hydroxyl groups excluding tert-OH is 1. The first kappa shape index (κ1) is 14.2. The molecule has 0 aromatic heterocycles. The maximum atomic E-state index is 12.6.